The monoisotopic (exact) mass is 405 g/mol. The van der Waals surface area contributed by atoms with E-state index < -0.39 is 17.4 Å². The molecule has 1 aromatic carbocycles. The number of amides is 1. The van der Waals surface area contributed by atoms with Crippen molar-refractivity contribution in [2.45, 2.75) is 24.8 Å². The first kappa shape index (κ1) is 15.3. The number of hydrogen-bond acceptors (Lipinski definition) is 3. The Bertz CT molecular complexity index is 543. The Morgan fingerprint density at radius 1 is 1.35 bits per heavy atom. The van der Waals surface area contributed by atoms with Gasteiger partial charge in [0.05, 0.1) is 4.47 Å². The van der Waals surface area contributed by atoms with Gasteiger partial charge in [0, 0.05) is 4.47 Å². The minimum atomic E-state index is -1.10. The lowest BCUT2D eigenvalue weighted by molar-refractivity contribution is -0.152. The molecule has 1 amide bonds. The average molecular weight is 407 g/mol. The first-order valence-corrected chi connectivity index (χ1v) is 7.64. The molecule has 0 atom stereocenters. The highest BCUT2D eigenvalue weighted by atomic mass is 79.9. The molecule has 1 aromatic rings. The van der Waals surface area contributed by atoms with Gasteiger partial charge in [-0.2, -0.15) is 0 Å². The average Bonchev–Trinajstić information content (AvgIpc) is 2.32. The van der Waals surface area contributed by atoms with E-state index in [0.717, 1.165) is 15.4 Å². The summed E-state index contributed by atoms with van der Waals surface area (Å²) < 4.78 is 6.98. The van der Waals surface area contributed by atoms with Crippen molar-refractivity contribution in [1.82, 2.24) is 5.32 Å². The van der Waals surface area contributed by atoms with Gasteiger partial charge in [-0.1, -0.05) is 15.9 Å². The first-order chi connectivity index (χ1) is 9.43. The maximum atomic E-state index is 11.8. The molecule has 1 aliphatic rings. The minimum absolute atomic E-state index is 0.213. The van der Waals surface area contributed by atoms with Gasteiger partial charge in [0.25, 0.3) is 5.91 Å². The molecule has 0 heterocycles. The third kappa shape index (κ3) is 3.32. The van der Waals surface area contributed by atoms with Crippen LogP contribution in [0.3, 0.4) is 0 Å². The predicted octanol–water partition coefficient (Wildman–Crippen LogP) is 2.71. The first-order valence-electron chi connectivity index (χ1n) is 6.05. The predicted molar refractivity (Wildman–Crippen MR) is 79.7 cm³/mol. The fraction of sp³-hybridized carbons (Fsp3) is 0.385. The maximum Gasteiger partial charge on any atom is 0.329 e. The number of benzene rings is 1. The fourth-order valence-corrected chi connectivity index (χ4v) is 3.12. The van der Waals surface area contributed by atoms with Crippen LogP contribution in [-0.2, 0) is 9.59 Å². The number of aliphatic carboxylic acids is 1. The normalized spacial score (nSPS) is 16.1. The van der Waals surface area contributed by atoms with Crippen molar-refractivity contribution in [3.8, 4) is 5.75 Å². The van der Waals surface area contributed by atoms with Crippen molar-refractivity contribution in [2.24, 2.45) is 0 Å². The Morgan fingerprint density at radius 3 is 2.55 bits per heavy atom. The summed E-state index contributed by atoms with van der Waals surface area (Å²) in [5.74, 6) is -0.884. The quantitative estimate of drug-likeness (QED) is 0.788. The molecule has 108 valence electrons. The zero-order chi connectivity index (χ0) is 14.8. The van der Waals surface area contributed by atoms with Crippen molar-refractivity contribution in [2.75, 3.05) is 6.61 Å². The number of carboxylic acid groups (broad SMARTS) is 1. The van der Waals surface area contributed by atoms with Gasteiger partial charge in [0.15, 0.2) is 6.61 Å². The third-order valence-corrected chi connectivity index (χ3v) is 4.36. The van der Waals surface area contributed by atoms with Crippen LogP contribution in [-0.4, -0.2) is 29.1 Å². The van der Waals surface area contributed by atoms with E-state index >= 15 is 0 Å². The highest BCUT2D eigenvalue weighted by Crippen LogP contribution is 2.32. The van der Waals surface area contributed by atoms with Gasteiger partial charge in [-0.15, -0.1) is 0 Å². The van der Waals surface area contributed by atoms with Gasteiger partial charge in [0.1, 0.15) is 11.3 Å². The number of rotatable bonds is 5. The summed E-state index contributed by atoms with van der Waals surface area (Å²) in [7, 11) is 0. The second kappa shape index (κ2) is 6.13. The molecule has 0 bridgehead atoms. The van der Waals surface area contributed by atoms with Crippen LogP contribution < -0.4 is 10.1 Å². The fourth-order valence-electron chi connectivity index (χ4n) is 1.96. The molecule has 1 aliphatic carbocycles. The van der Waals surface area contributed by atoms with E-state index in [1.807, 2.05) is 0 Å². The van der Waals surface area contributed by atoms with Gasteiger partial charge in [-0.05, 0) is 53.4 Å². The van der Waals surface area contributed by atoms with Crippen LogP contribution in [0.25, 0.3) is 0 Å². The molecule has 7 heteroatoms. The number of carbonyl (C=O) groups excluding carboxylic acids is 1. The molecule has 5 nitrogen and oxygen atoms in total. The number of nitrogens with one attached hydrogen (secondary N) is 1. The van der Waals surface area contributed by atoms with E-state index in [9.17, 15) is 9.59 Å². The summed E-state index contributed by atoms with van der Waals surface area (Å²) >= 11 is 6.64. The van der Waals surface area contributed by atoms with Crippen molar-refractivity contribution in [3.05, 3.63) is 27.1 Å². The SMILES string of the molecule is O=C(COc1ccc(Br)cc1Br)NC1(C(=O)O)CCC1. The summed E-state index contributed by atoms with van der Waals surface area (Å²) in [6.45, 7) is -0.213. The molecule has 2 rings (SSSR count). The Balaban J connectivity index is 1.91. The molecular weight excluding hydrogens is 394 g/mol. The smallest absolute Gasteiger partial charge is 0.329 e. The van der Waals surface area contributed by atoms with Crippen LogP contribution in [0.5, 0.6) is 5.75 Å². The molecule has 0 spiro atoms. The van der Waals surface area contributed by atoms with E-state index in [-0.39, 0.29) is 6.61 Å². The Hall–Kier alpha value is -1.08. The summed E-state index contributed by atoms with van der Waals surface area (Å²) in [6, 6.07) is 5.32. The highest BCUT2D eigenvalue weighted by Gasteiger charge is 2.45. The molecule has 0 unspecified atom stereocenters. The third-order valence-electron chi connectivity index (χ3n) is 3.25. The second-order valence-corrected chi connectivity index (χ2v) is 6.42. The topological polar surface area (TPSA) is 75.6 Å². The minimum Gasteiger partial charge on any atom is -0.483 e. The Labute approximate surface area is 132 Å². The summed E-state index contributed by atoms with van der Waals surface area (Å²) in [5.41, 5.74) is -1.10. The summed E-state index contributed by atoms with van der Waals surface area (Å²) in [4.78, 5) is 22.9. The number of hydrogen-bond donors (Lipinski definition) is 2. The van der Waals surface area contributed by atoms with Crippen LogP contribution >= 0.6 is 31.9 Å². The Kier molecular flexibility index (Phi) is 4.70. The summed E-state index contributed by atoms with van der Waals surface area (Å²) in [6.07, 6.45) is 1.75. The number of ether oxygens (including phenoxy) is 1. The largest absolute Gasteiger partial charge is 0.483 e. The molecule has 1 fully saturated rings. The van der Waals surface area contributed by atoms with Crippen molar-refractivity contribution < 1.29 is 19.4 Å². The van der Waals surface area contributed by atoms with Gasteiger partial charge in [-0.3, -0.25) is 4.79 Å². The lowest BCUT2D eigenvalue weighted by Crippen LogP contribution is -2.59. The standard InChI is InChI=1S/C13H13Br2NO4/c14-8-2-3-10(9(15)6-8)20-7-11(17)16-13(12(18)19)4-1-5-13/h2-3,6H,1,4-5,7H2,(H,16,17)(H,18,19). The molecular formula is C13H13Br2NO4. The van der Waals surface area contributed by atoms with E-state index in [2.05, 4.69) is 37.2 Å². The van der Waals surface area contributed by atoms with E-state index in [4.69, 9.17) is 9.84 Å². The van der Waals surface area contributed by atoms with Crippen LogP contribution in [0.1, 0.15) is 19.3 Å². The van der Waals surface area contributed by atoms with E-state index in [1.165, 1.54) is 0 Å². The molecule has 20 heavy (non-hydrogen) atoms. The number of carbonyl (C=O) groups is 2. The lowest BCUT2D eigenvalue weighted by atomic mass is 9.77. The van der Waals surface area contributed by atoms with Gasteiger partial charge in [0.2, 0.25) is 0 Å². The lowest BCUT2D eigenvalue weighted by Gasteiger charge is -2.38. The highest BCUT2D eigenvalue weighted by molar-refractivity contribution is 9.11. The van der Waals surface area contributed by atoms with Crippen molar-refractivity contribution >= 4 is 43.7 Å². The van der Waals surface area contributed by atoms with Crippen LogP contribution in [0.4, 0.5) is 0 Å². The molecule has 1 saturated carbocycles. The van der Waals surface area contributed by atoms with Gasteiger partial charge >= 0.3 is 5.97 Å². The van der Waals surface area contributed by atoms with Gasteiger partial charge < -0.3 is 15.2 Å². The van der Waals surface area contributed by atoms with Crippen LogP contribution in [0.2, 0.25) is 0 Å². The second-order valence-electron chi connectivity index (χ2n) is 4.65. The molecule has 0 aromatic heterocycles. The number of carboxylic acids is 1. The zero-order valence-corrected chi connectivity index (χ0v) is 13.7. The molecule has 0 radical (unpaired) electrons. The molecule has 0 saturated heterocycles. The van der Waals surface area contributed by atoms with E-state index in [0.29, 0.717) is 18.6 Å². The Morgan fingerprint density at radius 2 is 2.05 bits per heavy atom. The summed E-state index contributed by atoms with van der Waals surface area (Å²) in [5, 5.41) is 11.7. The molecule has 0 aliphatic heterocycles. The van der Waals surface area contributed by atoms with Gasteiger partial charge in [-0.25, -0.2) is 4.79 Å². The van der Waals surface area contributed by atoms with Crippen molar-refractivity contribution in [1.29, 1.82) is 0 Å². The van der Waals surface area contributed by atoms with Crippen LogP contribution in [0.15, 0.2) is 27.1 Å². The maximum absolute atomic E-state index is 11.8. The van der Waals surface area contributed by atoms with Crippen LogP contribution in [0, 0.1) is 0 Å². The zero-order valence-electron chi connectivity index (χ0n) is 10.5. The van der Waals surface area contributed by atoms with Crippen molar-refractivity contribution in [3.63, 3.8) is 0 Å². The number of halogens is 2. The molecule has 2 N–H and O–H groups in total. The van der Waals surface area contributed by atoms with E-state index in [1.54, 1.807) is 18.2 Å².